The normalized spacial score (nSPS) is 10.3. The molecule has 1 N–H and O–H groups in total. The van der Waals surface area contributed by atoms with E-state index < -0.39 is 5.91 Å². The Bertz CT molecular complexity index is 852. The van der Waals surface area contributed by atoms with Crippen LogP contribution in [0.15, 0.2) is 70.3 Å². The highest BCUT2D eigenvalue weighted by molar-refractivity contribution is 7.99. The summed E-state index contributed by atoms with van der Waals surface area (Å²) in [6.07, 6.45) is 1.41. The van der Waals surface area contributed by atoms with Crippen molar-refractivity contribution in [1.29, 1.82) is 0 Å². The van der Waals surface area contributed by atoms with Gasteiger partial charge in [0.1, 0.15) is 11.6 Å². The van der Waals surface area contributed by atoms with Crippen LogP contribution in [0.3, 0.4) is 0 Å². The molecule has 0 aliphatic carbocycles. The molecule has 2 aromatic heterocycles. The van der Waals surface area contributed by atoms with E-state index >= 15 is 0 Å². The van der Waals surface area contributed by atoms with Gasteiger partial charge in [0, 0.05) is 0 Å². The number of hydrogen-bond donors (Lipinski definition) is 1. The molecule has 3 rings (SSSR count). The van der Waals surface area contributed by atoms with Crippen molar-refractivity contribution < 1.29 is 18.7 Å². The fourth-order valence-corrected chi connectivity index (χ4v) is 2.57. The van der Waals surface area contributed by atoms with Gasteiger partial charge >= 0.3 is 5.97 Å². The van der Waals surface area contributed by atoms with Crippen LogP contribution in [0, 0.1) is 0 Å². The van der Waals surface area contributed by atoms with Gasteiger partial charge in [-0.1, -0.05) is 42.1 Å². The molecule has 0 atom stereocenters. The number of aromatic nitrogens is 2. The monoisotopic (exact) mass is 369 g/mol. The number of anilines is 1. The van der Waals surface area contributed by atoms with Gasteiger partial charge in [-0.15, -0.1) is 10.2 Å². The number of nitrogens with one attached hydrogen (secondary N) is 1. The van der Waals surface area contributed by atoms with Crippen molar-refractivity contribution in [3.63, 3.8) is 0 Å². The zero-order chi connectivity index (χ0) is 18.2. The highest BCUT2D eigenvalue weighted by Gasteiger charge is 2.10. The second kappa shape index (κ2) is 8.82. The number of esters is 1. The van der Waals surface area contributed by atoms with Gasteiger partial charge in [-0.25, -0.2) is 0 Å². The number of rotatable bonds is 7. The second-order valence-corrected chi connectivity index (χ2v) is 6.12. The molecule has 0 saturated heterocycles. The predicted molar refractivity (Wildman–Crippen MR) is 95.7 cm³/mol. The first kappa shape index (κ1) is 17.7. The minimum atomic E-state index is -0.408. The average Bonchev–Trinajstić information content (AvgIpc) is 3.22. The molecule has 0 fully saturated rings. The van der Waals surface area contributed by atoms with Crippen LogP contribution in [0.4, 0.5) is 5.82 Å². The Kier molecular flexibility index (Phi) is 6.00. The lowest BCUT2D eigenvalue weighted by Crippen LogP contribution is -2.12. The summed E-state index contributed by atoms with van der Waals surface area (Å²) < 4.78 is 10.2. The van der Waals surface area contributed by atoms with E-state index in [1.807, 2.05) is 30.3 Å². The van der Waals surface area contributed by atoms with Crippen molar-refractivity contribution in [2.45, 2.75) is 11.6 Å². The summed E-state index contributed by atoms with van der Waals surface area (Å²) >= 11 is 1.21. The maximum atomic E-state index is 11.8. The summed E-state index contributed by atoms with van der Waals surface area (Å²) in [4.78, 5) is 23.6. The quantitative estimate of drug-likeness (QED) is 0.505. The van der Waals surface area contributed by atoms with E-state index in [1.54, 1.807) is 24.3 Å². The predicted octanol–water partition coefficient (Wildman–Crippen LogP) is 3.16. The van der Waals surface area contributed by atoms with Gasteiger partial charge in [0.05, 0.1) is 12.0 Å². The Morgan fingerprint density at radius 3 is 2.58 bits per heavy atom. The topological polar surface area (TPSA) is 94.3 Å². The molecule has 7 nitrogen and oxygen atoms in total. The smallest absolute Gasteiger partial charge is 0.316 e. The number of hydrogen-bond acceptors (Lipinski definition) is 7. The van der Waals surface area contributed by atoms with Crippen LogP contribution in [0.1, 0.15) is 16.1 Å². The Hall–Kier alpha value is -3.13. The van der Waals surface area contributed by atoms with Gasteiger partial charge in [-0.2, -0.15) is 0 Å². The third kappa shape index (κ3) is 5.18. The molecule has 0 saturated carbocycles. The number of furan rings is 1. The molecule has 26 heavy (non-hydrogen) atoms. The Morgan fingerprint density at radius 1 is 1.04 bits per heavy atom. The van der Waals surface area contributed by atoms with Crippen LogP contribution in [-0.4, -0.2) is 27.8 Å². The zero-order valence-corrected chi connectivity index (χ0v) is 14.4. The standard InChI is InChI=1S/C18H15N3O4S/c22-17(25-11-13-5-2-1-3-6-13)12-26-16-9-8-15(20-21-16)19-18(23)14-7-4-10-24-14/h1-10H,11-12H2,(H,19,20,23). The number of carbonyl (C=O) groups is 2. The molecule has 3 aromatic rings. The third-order valence-electron chi connectivity index (χ3n) is 3.21. The van der Waals surface area contributed by atoms with E-state index in [1.165, 1.54) is 18.0 Å². The van der Waals surface area contributed by atoms with Crippen LogP contribution in [-0.2, 0) is 16.1 Å². The van der Waals surface area contributed by atoms with Crippen LogP contribution in [0.5, 0.6) is 0 Å². The molecule has 0 radical (unpaired) electrons. The first-order valence-corrected chi connectivity index (χ1v) is 8.70. The minimum absolute atomic E-state index is 0.125. The summed E-state index contributed by atoms with van der Waals surface area (Å²) in [5, 5.41) is 11.0. The number of carbonyl (C=O) groups excluding carboxylic acids is 2. The summed E-state index contributed by atoms with van der Waals surface area (Å²) in [7, 11) is 0. The van der Waals surface area contributed by atoms with E-state index in [0.29, 0.717) is 10.8 Å². The number of ether oxygens (including phenoxy) is 1. The van der Waals surface area contributed by atoms with Gasteiger partial charge in [-0.05, 0) is 29.8 Å². The molecule has 0 bridgehead atoms. The Labute approximate surface area is 153 Å². The summed E-state index contributed by atoms with van der Waals surface area (Å²) in [6.45, 7) is 0.240. The first-order chi connectivity index (χ1) is 12.7. The largest absolute Gasteiger partial charge is 0.460 e. The molecule has 0 unspecified atom stereocenters. The lowest BCUT2D eigenvalue weighted by atomic mass is 10.2. The summed E-state index contributed by atoms with van der Waals surface area (Å²) in [5.41, 5.74) is 0.933. The van der Waals surface area contributed by atoms with E-state index in [9.17, 15) is 9.59 Å². The molecule has 8 heteroatoms. The fraction of sp³-hybridized carbons (Fsp3) is 0.111. The number of thioether (sulfide) groups is 1. The molecule has 0 aliphatic rings. The van der Waals surface area contributed by atoms with Crippen molar-refractivity contribution in [3.05, 3.63) is 72.2 Å². The van der Waals surface area contributed by atoms with E-state index in [0.717, 1.165) is 5.56 Å². The van der Waals surface area contributed by atoms with Crippen molar-refractivity contribution in [2.75, 3.05) is 11.1 Å². The molecular weight excluding hydrogens is 354 g/mol. The lowest BCUT2D eigenvalue weighted by molar-refractivity contribution is -0.141. The highest BCUT2D eigenvalue weighted by Crippen LogP contribution is 2.16. The SMILES string of the molecule is O=C(CSc1ccc(NC(=O)c2ccco2)nn1)OCc1ccccc1. The fourth-order valence-electron chi connectivity index (χ4n) is 1.96. The van der Waals surface area contributed by atoms with E-state index in [4.69, 9.17) is 9.15 Å². The van der Waals surface area contributed by atoms with Gasteiger partial charge in [0.15, 0.2) is 11.6 Å². The van der Waals surface area contributed by atoms with Crippen molar-refractivity contribution in [1.82, 2.24) is 10.2 Å². The molecular formula is C18H15N3O4S. The molecule has 132 valence electrons. The maximum Gasteiger partial charge on any atom is 0.316 e. The molecule has 1 amide bonds. The van der Waals surface area contributed by atoms with E-state index in [2.05, 4.69) is 15.5 Å². The molecule has 0 spiro atoms. The Morgan fingerprint density at radius 2 is 1.88 bits per heavy atom. The highest BCUT2D eigenvalue weighted by atomic mass is 32.2. The lowest BCUT2D eigenvalue weighted by Gasteiger charge is -2.05. The average molecular weight is 369 g/mol. The third-order valence-corrected chi connectivity index (χ3v) is 4.10. The van der Waals surface area contributed by atoms with Gasteiger partial charge in [0.2, 0.25) is 0 Å². The van der Waals surface area contributed by atoms with Gasteiger partial charge in [-0.3, -0.25) is 9.59 Å². The number of benzene rings is 1. The Balaban J connectivity index is 1.44. The minimum Gasteiger partial charge on any atom is -0.460 e. The zero-order valence-electron chi connectivity index (χ0n) is 13.6. The molecule has 1 aromatic carbocycles. The van der Waals surface area contributed by atoms with Gasteiger partial charge in [0.25, 0.3) is 5.91 Å². The van der Waals surface area contributed by atoms with Crippen LogP contribution < -0.4 is 5.32 Å². The summed E-state index contributed by atoms with van der Waals surface area (Å²) in [5.74, 6) is -0.140. The molecule has 0 aliphatic heterocycles. The van der Waals surface area contributed by atoms with Crippen molar-refractivity contribution >= 4 is 29.5 Å². The van der Waals surface area contributed by atoms with Crippen LogP contribution in [0.2, 0.25) is 0 Å². The second-order valence-electron chi connectivity index (χ2n) is 5.12. The number of nitrogens with zero attached hydrogens (tertiary/aromatic N) is 2. The summed E-state index contributed by atoms with van der Waals surface area (Å²) in [6, 6.07) is 15.9. The van der Waals surface area contributed by atoms with E-state index in [-0.39, 0.29) is 24.1 Å². The first-order valence-electron chi connectivity index (χ1n) is 7.71. The van der Waals surface area contributed by atoms with Gasteiger partial charge < -0.3 is 14.5 Å². The van der Waals surface area contributed by atoms with Crippen molar-refractivity contribution in [2.24, 2.45) is 0 Å². The number of amides is 1. The maximum absolute atomic E-state index is 11.8. The van der Waals surface area contributed by atoms with Crippen LogP contribution in [0.25, 0.3) is 0 Å². The molecule has 2 heterocycles. The van der Waals surface area contributed by atoms with Crippen molar-refractivity contribution in [3.8, 4) is 0 Å². The van der Waals surface area contributed by atoms with Crippen LogP contribution >= 0.6 is 11.8 Å².